The van der Waals surface area contributed by atoms with Crippen molar-refractivity contribution in [2.75, 3.05) is 24.8 Å². The molecule has 0 aromatic heterocycles. The summed E-state index contributed by atoms with van der Waals surface area (Å²) >= 11 is 16.9. The molecule has 0 fully saturated rings. The van der Waals surface area contributed by atoms with E-state index in [1.54, 1.807) is 48.3 Å². The van der Waals surface area contributed by atoms with Gasteiger partial charge in [0.25, 0.3) is 10.1 Å². The molecule has 1 amide bonds. The fourth-order valence-corrected chi connectivity index (χ4v) is 2.82. The first kappa shape index (κ1) is 24.7. The molecule has 0 aliphatic heterocycles. The summed E-state index contributed by atoms with van der Waals surface area (Å²) < 4.78 is 26.1. The van der Waals surface area contributed by atoms with Gasteiger partial charge in [-0.3, -0.25) is 8.98 Å². The van der Waals surface area contributed by atoms with E-state index in [1.165, 1.54) is 0 Å². The second-order valence-corrected chi connectivity index (χ2v) is 8.72. The molecule has 2 aromatic rings. The lowest BCUT2D eigenvalue weighted by Gasteiger charge is -2.17. The molecule has 5 nitrogen and oxygen atoms in total. The van der Waals surface area contributed by atoms with Crippen molar-refractivity contribution in [3.8, 4) is 0 Å². The molecule has 0 unspecified atom stereocenters. The van der Waals surface area contributed by atoms with Gasteiger partial charge in [0.15, 0.2) is 0 Å². The van der Waals surface area contributed by atoms with Crippen LogP contribution in [0.25, 0.3) is 0 Å². The van der Waals surface area contributed by atoms with Crippen molar-refractivity contribution in [2.45, 2.75) is 19.3 Å². The highest BCUT2D eigenvalue weighted by Crippen LogP contribution is 2.19. The molecule has 0 saturated carbocycles. The number of benzene rings is 2. The van der Waals surface area contributed by atoms with E-state index in [1.807, 2.05) is 12.1 Å². The van der Waals surface area contributed by atoms with E-state index < -0.39 is 10.1 Å². The quantitative estimate of drug-likeness (QED) is 0.402. The van der Waals surface area contributed by atoms with Gasteiger partial charge in [-0.1, -0.05) is 46.9 Å². The first-order valence-corrected chi connectivity index (χ1v) is 11.3. The molecule has 0 atom stereocenters. The smallest absolute Gasteiger partial charge is 0.264 e. The molecule has 0 aliphatic carbocycles. The number of carbonyl (C=O) groups excluding carboxylic acids is 1. The van der Waals surface area contributed by atoms with Gasteiger partial charge in [-0.25, -0.2) is 0 Å². The third kappa shape index (κ3) is 10.3. The molecule has 0 spiro atoms. The molecule has 0 radical (unpaired) electrons. The van der Waals surface area contributed by atoms with Crippen molar-refractivity contribution >= 4 is 56.5 Å². The van der Waals surface area contributed by atoms with Crippen LogP contribution in [0.3, 0.4) is 0 Å². The van der Waals surface area contributed by atoms with Crippen molar-refractivity contribution in [2.24, 2.45) is 0 Å². The minimum Gasteiger partial charge on any atom is -0.316 e. The Morgan fingerprint density at radius 2 is 1.50 bits per heavy atom. The van der Waals surface area contributed by atoms with Gasteiger partial charge in [0.05, 0.1) is 22.9 Å². The maximum atomic E-state index is 11.9. The van der Waals surface area contributed by atoms with Gasteiger partial charge < -0.3 is 4.90 Å². The SMILES string of the molecule is CN(C(=O)CCCCOS(C)(=O)=O)c1ccc(Cl)cc1.Clc1ccccc1Cl. The van der Waals surface area contributed by atoms with Crippen LogP contribution >= 0.6 is 34.8 Å². The molecule has 0 bridgehead atoms. The minimum absolute atomic E-state index is 0.0355. The molecule has 28 heavy (non-hydrogen) atoms. The topological polar surface area (TPSA) is 63.7 Å². The Morgan fingerprint density at radius 3 is 1.96 bits per heavy atom. The summed E-state index contributed by atoms with van der Waals surface area (Å²) in [6, 6.07) is 14.2. The van der Waals surface area contributed by atoms with Crippen LogP contribution in [0.5, 0.6) is 0 Å². The van der Waals surface area contributed by atoms with Crippen LogP contribution in [-0.2, 0) is 19.1 Å². The van der Waals surface area contributed by atoms with Crippen molar-refractivity contribution in [3.05, 3.63) is 63.6 Å². The molecular weight excluding hydrogens is 445 g/mol. The van der Waals surface area contributed by atoms with E-state index in [2.05, 4.69) is 4.18 Å². The number of amides is 1. The highest BCUT2D eigenvalue weighted by atomic mass is 35.5. The van der Waals surface area contributed by atoms with Crippen LogP contribution in [0.4, 0.5) is 5.69 Å². The van der Waals surface area contributed by atoms with Crippen molar-refractivity contribution in [3.63, 3.8) is 0 Å². The van der Waals surface area contributed by atoms with Gasteiger partial charge in [-0.05, 0) is 49.2 Å². The van der Waals surface area contributed by atoms with Gasteiger partial charge in [-0.2, -0.15) is 8.42 Å². The molecule has 9 heteroatoms. The molecule has 0 saturated heterocycles. The summed E-state index contributed by atoms with van der Waals surface area (Å²) in [6.07, 6.45) is 2.44. The zero-order valence-corrected chi connectivity index (χ0v) is 18.7. The minimum atomic E-state index is -3.40. The van der Waals surface area contributed by atoms with E-state index in [0.717, 1.165) is 11.9 Å². The first-order chi connectivity index (χ1) is 13.1. The summed E-state index contributed by atoms with van der Waals surface area (Å²) in [6.45, 7) is 0.108. The zero-order chi connectivity index (χ0) is 21.2. The molecular formula is C19H22Cl3NO4S. The Morgan fingerprint density at radius 1 is 0.964 bits per heavy atom. The lowest BCUT2D eigenvalue weighted by molar-refractivity contribution is -0.118. The molecule has 0 heterocycles. The normalized spacial score (nSPS) is 10.8. The summed E-state index contributed by atoms with van der Waals surface area (Å²) in [7, 11) is -1.70. The molecule has 0 aliphatic rings. The highest BCUT2D eigenvalue weighted by molar-refractivity contribution is 7.85. The molecule has 2 rings (SSSR count). The number of hydrogen-bond donors (Lipinski definition) is 0. The molecule has 154 valence electrons. The van der Waals surface area contributed by atoms with E-state index >= 15 is 0 Å². The number of rotatable bonds is 7. The number of halogens is 3. The van der Waals surface area contributed by atoms with Crippen LogP contribution in [-0.4, -0.2) is 34.2 Å². The average Bonchev–Trinajstić information content (AvgIpc) is 2.63. The van der Waals surface area contributed by atoms with Gasteiger partial charge in [0.1, 0.15) is 0 Å². The number of anilines is 1. The lowest BCUT2D eigenvalue weighted by Crippen LogP contribution is -2.25. The van der Waals surface area contributed by atoms with Crippen LogP contribution in [0, 0.1) is 0 Å². The number of hydrogen-bond acceptors (Lipinski definition) is 4. The van der Waals surface area contributed by atoms with Gasteiger partial charge in [0, 0.05) is 24.2 Å². The van der Waals surface area contributed by atoms with Crippen molar-refractivity contribution in [1.82, 2.24) is 0 Å². The second kappa shape index (κ2) is 12.3. The third-order valence-electron chi connectivity index (χ3n) is 3.49. The fraction of sp³-hybridized carbons (Fsp3) is 0.316. The zero-order valence-electron chi connectivity index (χ0n) is 15.6. The summed E-state index contributed by atoms with van der Waals surface area (Å²) in [5, 5.41) is 1.83. The van der Waals surface area contributed by atoms with E-state index in [0.29, 0.717) is 34.3 Å². The van der Waals surface area contributed by atoms with Crippen LogP contribution in [0.15, 0.2) is 48.5 Å². The van der Waals surface area contributed by atoms with E-state index in [9.17, 15) is 13.2 Å². The Balaban J connectivity index is 0.000000406. The predicted octanol–water partition coefficient (Wildman–Crippen LogP) is 5.44. The monoisotopic (exact) mass is 465 g/mol. The predicted molar refractivity (Wildman–Crippen MR) is 116 cm³/mol. The van der Waals surface area contributed by atoms with Gasteiger partial charge >= 0.3 is 0 Å². The van der Waals surface area contributed by atoms with Gasteiger partial charge in [0.2, 0.25) is 5.91 Å². The van der Waals surface area contributed by atoms with Crippen LogP contribution in [0.1, 0.15) is 19.3 Å². The number of carbonyl (C=O) groups is 1. The number of nitrogens with zero attached hydrogens (tertiary/aromatic N) is 1. The van der Waals surface area contributed by atoms with Crippen LogP contribution in [0.2, 0.25) is 15.1 Å². The molecule has 0 N–H and O–H groups in total. The lowest BCUT2D eigenvalue weighted by atomic mass is 10.2. The molecule has 2 aromatic carbocycles. The summed E-state index contributed by atoms with van der Waals surface area (Å²) in [5.41, 5.74) is 0.770. The van der Waals surface area contributed by atoms with Crippen molar-refractivity contribution < 1.29 is 17.4 Å². The summed E-state index contributed by atoms with van der Waals surface area (Å²) in [4.78, 5) is 13.5. The maximum absolute atomic E-state index is 11.9. The average molecular weight is 467 g/mol. The van der Waals surface area contributed by atoms with Gasteiger partial charge in [-0.15, -0.1) is 0 Å². The maximum Gasteiger partial charge on any atom is 0.264 e. The summed E-state index contributed by atoms with van der Waals surface area (Å²) in [5.74, 6) is -0.0355. The van der Waals surface area contributed by atoms with E-state index in [4.69, 9.17) is 34.8 Å². The van der Waals surface area contributed by atoms with Crippen LogP contribution < -0.4 is 4.90 Å². The number of unbranched alkanes of at least 4 members (excludes halogenated alkanes) is 1. The Hall–Kier alpha value is -1.31. The standard InChI is InChI=1S/C13H18ClNO4S.C6H4Cl2/c1-15(12-8-6-11(14)7-9-12)13(16)5-3-4-10-19-20(2,17)18;7-5-3-1-2-4-6(5)8/h6-9H,3-5,10H2,1-2H3;1-4H. The first-order valence-electron chi connectivity index (χ1n) is 8.36. The Labute approximate surface area is 181 Å². The fourth-order valence-electron chi connectivity index (χ4n) is 2.00. The van der Waals surface area contributed by atoms with E-state index in [-0.39, 0.29) is 12.5 Å². The third-order valence-corrected chi connectivity index (χ3v) is 5.10. The van der Waals surface area contributed by atoms with Crippen molar-refractivity contribution in [1.29, 1.82) is 0 Å². The Kier molecular flexibility index (Phi) is 10.9. The second-order valence-electron chi connectivity index (χ2n) is 5.83. The largest absolute Gasteiger partial charge is 0.316 e. The highest BCUT2D eigenvalue weighted by Gasteiger charge is 2.10. The Bertz CT molecular complexity index is 837.